The Kier molecular flexibility index (Phi) is 6.05. The van der Waals surface area contributed by atoms with Crippen molar-refractivity contribution in [2.24, 2.45) is 0 Å². The third kappa shape index (κ3) is 3.83. The van der Waals surface area contributed by atoms with Crippen LogP contribution in [-0.2, 0) is 0 Å². The van der Waals surface area contributed by atoms with E-state index in [1.54, 1.807) is 0 Å². The number of amides is 1. The third-order valence-electron chi connectivity index (χ3n) is 3.60. The minimum absolute atomic E-state index is 0.119. The Balaban J connectivity index is 2.23. The first-order chi connectivity index (χ1) is 9.63. The number of halogens is 2. The summed E-state index contributed by atoms with van der Waals surface area (Å²) in [6.45, 7) is 4.89. The van der Waals surface area contributed by atoms with Crippen molar-refractivity contribution in [3.63, 3.8) is 0 Å². The van der Waals surface area contributed by atoms with Gasteiger partial charge in [-0.15, -0.1) is 0 Å². The van der Waals surface area contributed by atoms with Gasteiger partial charge < -0.3 is 10.2 Å². The van der Waals surface area contributed by atoms with Crippen LogP contribution in [-0.4, -0.2) is 36.5 Å². The van der Waals surface area contributed by atoms with Gasteiger partial charge in [-0.1, -0.05) is 22.9 Å². The molecule has 1 aromatic rings. The number of piperidine rings is 1. The van der Waals surface area contributed by atoms with E-state index in [0.717, 1.165) is 53.4 Å². The molecule has 1 aromatic carbocycles. The van der Waals surface area contributed by atoms with E-state index in [1.165, 1.54) is 0 Å². The molecule has 1 atom stereocenters. The molecule has 0 spiro atoms. The minimum atomic E-state index is 0.119. The number of carbonyl (C=O) groups excluding carboxylic acids is 1. The number of hydrogen-bond donors (Lipinski definition) is 1. The van der Waals surface area contributed by atoms with Crippen LogP contribution in [0.5, 0.6) is 0 Å². The van der Waals surface area contributed by atoms with Gasteiger partial charge in [-0.25, -0.2) is 0 Å². The molecule has 1 unspecified atom stereocenters. The van der Waals surface area contributed by atoms with E-state index in [2.05, 4.69) is 44.1 Å². The molecule has 20 heavy (non-hydrogen) atoms. The van der Waals surface area contributed by atoms with Gasteiger partial charge in [-0.05, 0) is 59.9 Å². The molecular formula is C15H20Br2N2O. The van der Waals surface area contributed by atoms with Gasteiger partial charge in [-0.2, -0.15) is 0 Å². The van der Waals surface area contributed by atoms with Gasteiger partial charge in [0.15, 0.2) is 0 Å². The Morgan fingerprint density at radius 2 is 2.25 bits per heavy atom. The van der Waals surface area contributed by atoms with Crippen LogP contribution < -0.4 is 5.32 Å². The quantitative estimate of drug-likeness (QED) is 0.828. The number of nitrogens with one attached hydrogen (secondary N) is 1. The van der Waals surface area contributed by atoms with Crippen LogP contribution in [0.3, 0.4) is 0 Å². The molecule has 1 heterocycles. The molecule has 5 heteroatoms. The van der Waals surface area contributed by atoms with E-state index < -0.39 is 0 Å². The van der Waals surface area contributed by atoms with Gasteiger partial charge in [0.25, 0.3) is 5.91 Å². The van der Waals surface area contributed by atoms with Crippen LogP contribution in [0.2, 0.25) is 0 Å². The summed E-state index contributed by atoms with van der Waals surface area (Å²) in [5.74, 6) is 0.119. The molecular weight excluding hydrogens is 384 g/mol. The fourth-order valence-electron chi connectivity index (χ4n) is 2.61. The monoisotopic (exact) mass is 402 g/mol. The second-order valence-corrected chi connectivity index (χ2v) is 6.89. The summed E-state index contributed by atoms with van der Waals surface area (Å²) in [5, 5.41) is 3.39. The highest BCUT2D eigenvalue weighted by Crippen LogP contribution is 2.24. The summed E-state index contributed by atoms with van der Waals surface area (Å²) in [7, 11) is 0. The van der Waals surface area contributed by atoms with Crippen LogP contribution in [0.15, 0.2) is 27.1 Å². The van der Waals surface area contributed by atoms with E-state index in [1.807, 2.05) is 23.1 Å². The molecule has 0 saturated carbocycles. The molecule has 110 valence electrons. The molecule has 1 aliphatic heterocycles. The van der Waals surface area contributed by atoms with Crippen LogP contribution in [0.4, 0.5) is 0 Å². The standard InChI is InChI=1S/C15H20Br2N2O/c1-2-8-19(12-4-3-7-18-10-12)15(20)13-9-11(16)5-6-14(13)17/h5-6,9,12,18H,2-4,7-8,10H2,1H3. The van der Waals surface area contributed by atoms with Gasteiger partial charge in [0.2, 0.25) is 0 Å². The van der Waals surface area contributed by atoms with Crippen LogP contribution in [0, 0.1) is 0 Å². The van der Waals surface area contributed by atoms with Crippen molar-refractivity contribution in [3.05, 3.63) is 32.7 Å². The van der Waals surface area contributed by atoms with Crippen LogP contribution in [0.25, 0.3) is 0 Å². The fourth-order valence-corrected chi connectivity index (χ4v) is 3.38. The highest BCUT2D eigenvalue weighted by atomic mass is 79.9. The molecule has 0 aromatic heterocycles. The number of benzene rings is 1. The predicted octanol–water partition coefficient (Wildman–Crippen LogP) is 3.82. The highest BCUT2D eigenvalue weighted by molar-refractivity contribution is 9.11. The minimum Gasteiger partial charge on any atom is -0.334 e. The summed E-state index contributed by atoms with van der Waals surface area (Å²) in [6, 6.07) is 6.06. The van der Waals surface area contributed by atoms with Crippen LogP contribution >= 0.6 is 31.9 Å². The van der Waals surface area contributed by atoms with Gasteiger partial charge in [0.05, 0.1) is 5.56 Å². The fraction of sp³-hybridized carbons (Fsp3) is 0.533. The Bertz CT molecular complexity index is 473. The number of nitrogens with zero attached hydrogens (tertiary/aromatic N) is 1. The van der Waals surface area contributed by atoms with E-state index >= 15 is 0 Å². The lowest BCUT2D eigenvalue weighted by Gasteiger charge is -2.35. The summed E-state index contributed by atoms with van der Waals surface area (Å²) < 4.78 is 1.79. The third-order valence-corrected chi connectivity index (χ3v) is 4.78. The molecule has 3 nitrogen and oxygen atoms in total. The second-order valence-electron chi connectivity index (χ2n) is 5.12. The molecule has 2 rings (SSSR count). The Hall–Kier alpha value is -0.390. The largest absolute Gasteiger partial charge is 0.334 e. The number of rotatable bonds is 4. The molecule has 0 radical (unpaired) electrons. The van der Waals surface area contributed by atoms with Gasteiger partial charge in [0.1, 0.15) is 0 Å². The van der Waals surface area contributed by atoms with Crippen LogP contribution in [0.1, 0.15) is 36.5 Å². The Morgan fingerprint density at radius 1 is 1.45 bits per heavy atom. The first-order valence-corrected chi connectivity index (χ1v) is 8.68. The zero-order valence-corrected chi connectivity index (χ0v) is 14.8. The highest BCUT2D eigenvalue weighted by Gasteiger charge is 2.26. The zero-order chi connectivity index (χ0) is 14.5. The average Bonchev–Trinajstić information content (AvgIpc) is 2.47. The molecule has 1 N–H and O–H groups in total. The first-order valence-electron chi connectivity index (χ1n) is 7.10. The normalized spacial score (nSPS) is 18.9. The van der Waals surface area contributed by atoms with Gasteiger partial charge in [-0.3, -0.25) is 4.79 Å². The maximum Gasteiger partial charge on any atom is 0.255 e. The zero-order valence-electron chi connectivity index (χ0n) is 11.7. The van der Waals surface area contributed by atoms with Crippen molar-refractivity contribution in [1.29, 1.82) is 0 Å². The first kappa shape index (κ1) is 16.0. The smallest absolute Gasteiger partial charge is 0.255 e. The van der Waals surface area contributed by atoms with Crippen molar-refractivity contribution in [2.75, 3.05) is 19.6 Å². The topological polar surface area (TPSA) is 32.3 Å². The van der Waals surface area contributed by atoms with Gasteiger partial charge >= 0.3 is 0 Å². The molecule has 0 bridgehead atoms. The van der Waals surface area contributed by atoms with Crippen molar-refractivity contribution in [1.82, 2.24) is 10.2 Å². The van der Waals surface area contributed by atoms with Crippen molar-refractivity contribution < 1.29 is 4.79 Å². The molecule has 1 saturated heterocycles. The van der Waals surface area contributed by atoms with E-state index in [9.17, 15) is 4.79 Å². The van der Waals surface area contributed by atoms with Gasteiger partial charge in [0, 0.05) is 28.1 Å². The maximum absolute atomic E-state index is 12.9. The SMILES string of the molecule is CCCN(C(=O)c1cc(Br)ccc1Br)C1CCCNC1. The number of hydrogen-bond acceptors (Lipinski definition) is 2. The lowest BCUT2D eigenvalue weighted by atomic mass is 10.0. The average molecular weight is 404 g/mol. The Morgan fingerprint density at radius 3 is 2.90 bits per heavy atom. The van der Waals surface area contributed by atoms with E-state index in [4.69, 9.17) is 0 Å². The molecule has 1 amide bonds. The van der Waals surface area contributed by atoms with Crippen molar-refractivity contribution >= 4 is 37.8 Å². The summed E-state index contributed by atoms with van der Waals surface area (Å²) in [5.41, 5.74) is 0.735. The molecule has 1 fully saturated rings. The van der Waals surface area contributed by atoms with E-state index in [0.29, 0.717) is 6.04 Å². The molecule has 1 aliphatic rings. The number of carbonyl (C=O) groups is 1. The second kappa shape index (κ2) is 7.57. The van der Waals surface area contributed by atoms with Crippen molar-refractivity contribution in [3.8, 4) is 0 Å². The molecule has 0 aliphatic carbocycles. The lowest BCUT2D eigenvalue weighted by molar-refractivity contribution is 0.0648. The summed E-state index contributed by atoms with van der Waals surface area (Å²) in [6.07, 6.45) is 3.20. The lowest BCUT2D eigenvalue weighted by Crippen LogP contribution is -2.49. The maximum atomic E-state index is 12.9. The van der Waals surface area contributed by atoms with E-state index in [-0.39, 0.29) is 5.91 Å². The Labute approximate surface area is 137 Å². The van der Waals surface area contributed by atoms with Crippen molar-refractivity contribution in [2.45, 2.75) is 32.2 Å². The summed E-state index contributed by atoms with van der Waals surface area (Å²) >= 11 is 6.94. The summed E-state index contributed by atoms with van der Waals surface area (Å²) in [4.78, 5) is 14.9. The predicted molar refractivity (Wildman–Crippen MR) is 89.1 cm³/mol.